The quantitative estimate of drug-likeness (QED) is 0.388. The Hall–Kier alpha value is -0.330. The number of esters is 2. The first-order valence-electron chi connectivity index (χ1n) is 8.29. The van der Waals surface area contributed by atoms with Gasteiger partial charge in [0.15, 0.2) is 0 Å². The molecule has 3 aliphatic rings. The van der Waals surface area contributed by atoms with Gasteiger partial charge in [-0.1, -0.05) is 35.9 Å². The highest BCUT2D eigenvalue weighted by Crippen LogP contribution is 2.56. The summed E-state index contributed by atoms with van der Waals surface area (Å²) < 4.78 is 11.2. The van der Waals surface area contributed by atoms with Crippen LogP contribution in [0.2, 0.25) is 0 Å². The van der Waals surface area contributed by atoms with E-state index in [2.05, 4.69) is 43.4 Å². The Morgan fingerprint density at radius 1 is 1.36 bits per heavy atom. The van der Waals surface area contributed by atoms with Gasteiger partial charge in [0.05, 0.1) is 11.3 Å². The molecule has 2 bridgehead atoms. The van der Waals surface area contributed by atoms with Crippen LogP contribution in [0.3, 0.4) is 0 Å². The normalized spacial score (nSPS) is 38.8. The molecule has 3 rings (SSSR count). The monoisotopic (exact) mass is 420 g/mol. The Balaban J connectivity index is 1.76. The molecule has 2 aliphatic carbocycles. The van der Waals surface area contributed by atoms with Gasteiger partial charge in [0, 0.05) is 15.3 Å². The Kier molecular flexibility index (Phi) is 4.02. The SMILES string of the molecule is CCCC(C)(C(=O)OC1C2CC3C(=O)OC1C3C2)C(C)(C)I. The largest absolute Gasteiger partial charge is 0.458 e. The van der Waals surface area contributed by atoms with Gasteiger partial charge in [-0.05, 0) is 40.0 Å². The van der Waals surface area contributed by atoms with Crippen LogP contribution in [0.4, 0.5) is 0 Å². The molecule has 0 aromatic carbocycles. The second-order valence-electron chi connectivity index (χ2n) is 7.83. The van der Waals surface area contributed by atoms with Crippen LogP contribution in [-0.4, -0.2) is 27.6 Å². The zero-order valence-corrected chi connectivity index (χ0v) is 15.9. The Morgan fingerprint density at radius 2 is 2.05 bits per heavy atom. The molecule has 5 heteroatoms. The fraction of sp³-hybridized carbons (Fsp3) is 0.882. The maximum absolute atomic E-state index is 12.9. The summed E-state index contributed by atoms with van der Waals surface area (Å²) in [6, 6.07) is 0. The molecular formula is C17H25IO4. The first-order valence-corrected chi connectivity index (χ1v) is 9.37. The lowest BCUT2D eigenvalue weighted by Gasteiger charge is -2.39. The third-order valence-electron chi connectivity index (χ3n) is 6.17. The number of alkyl halides is 1. The predicted octanol–water partition coefficient (Wildman–Crippen LogP) is 3.50. The van der Waals surface area contributed by atoms with Gasteiger partial charge in [0.1, 0.15) is 12.2 Å². The lowest BCUT2D eigenvalue weighted by molar-refractivity contribution is -0.172. The number of carbonyl (C=O) groups excluding carboxylic acids is 2. The van der Waals surface area contributed by atoms with Crippen LogP contribution in [0.15, 0.2) is 0 Å². The zero-order chi connectivity index (χ0) is 16.3. The van der Waals surface area contributed by atoms with Gasteiger partial charge in [0.25, 0.3) is 0 Å². The van der Waals surface area contributed by atoms with Gasteiger partial charge in [-0.3, -0.25) is 9.59 Å². The first-order chi connectivity index (χ1) is 10.2. The predicted molar refractivity (Wildman–Crippen MR) is 90.6 cm³/mol. The van der Waals surface area contributed by atoms with E-state index in [4.69, 9.17) is 9.47 Å². The molecule has 0 amide bonds. The second-order valence-corrected chi connectivity index (χ2v) is 10.5. The Labute approximate surface area is 145 Å². The lowest BCUT2D eigenvalue weighted by atomic mass is 9.75. The van der Waals surface area contributed by atoms with Crippen LogP contribution in [0.1, 0.15) is 53.4 Å². The first kappa shape index (κ1) is 16.5. The van der Waals surface area contributed by atoms with Crippen LogP contribution in [-0.2, 0) is 19.1 Å². The van der Waals surface area contributed by atoms with E-state index >= 15 is 0 Å². The van der Waals surface area contributed by atoms with Crippen LogP contribution in [0.5, 0.6) is 0 Å². The van der Waals surface area contributed by atoms with E-state index in [0.29, 0.717) is 5.92 Å². The van der Waals surface area contributed by atoms with Crippen molar-refractivity contribution in [1.29, 1.82) is 0 Å². The molecule has 0 N–H and O–H groups in total. The number of rotatable bonds is 5. The van der Waals surface area contributed by atoms with Crippen molar-refractivity contribution in [3.8, 4) is 0 Å². The molecule has 0 radical (unpaired) electrons. The van der Waals surface area contributed by atoms with Crippen molar-refractivity contribution in [2.24, 2.45) is 23.2 Å². The highest BCUT2D eigenvalue weighted by molar-refractivity contribution is 14.1. The number of fused-ring (bicyclic) bond motifs is 1. The third-order valence-corrected chi connectivity index (χ3v) is 7.36. The Bertz CT molecular complexity index is 497. The molecule has 1 saturated heterocycles. The average molecular weight is 420 g/mol. The van der Waals surface area contributed by atoms with Crippen LogP contribution < -0.4 is 0 Å². The highest BCUT2D eigenvalue weighted by atomic mass is 127. The van der Waals surface area contributed by atoms with Gasteiger partial charge >= 0.3 is 11.9 Å². The number of hydrogen-bond acceptors (Lipinski definition) is 4. The fourth-order valence-corrected chi connectivity index (χ4v) is 4.95. The van der Waals surface area contributed by atoms with Crippen molar-refractivity contribution in [1.82, 2.24) is 0 Å². The summed E-state index contributed by atoms with van der Waals surface area (Å²) >= 11 is 2.34. The molecule has 6 unspecified atom stereocenters. The van der Waals surface area contributed by atoms with Crippen molar-refractivity contribution >= 4 is 34.5 Å². The van der Waals surface area contributed by atoms with E-state index in [1.54, 1.807) is 0 Å². The number of hydrogen-bond donors (Lipinski definition) is 0. The van der Waals surface area contributed by atoms with Crippen molar-refractivity contribution in [3.63, 3.8) is 0 Å². The van der Waals surface area contributed by atoms with Gasteiger partial charge in [0.2, 0.25) is 0 Å². The summed E-state index contributed by atoms with van der Waals surface area (Å²) in [4.78, 5) is 24.7. The summed E-state index contributed by atoms with van der Waals surface area (Å²) in [6.45, 7) is 8.25. The third kappa shape index (κ3) is 2.29. The van der Waals surface area contributed by atoms with E-state index in [1.807, 2.05) is 6.92 Å². The summed E-state index contributed by atoms with van der Waals surface area (Å²) in [5, 5.41) is 0. The van der Waals surface area contributed by atoms with Crippen molar-refractivity contribution < 1.29 is 19.1 Å². The molecule has 4 nitrogen and oxygen atoms in total. The summed E-state index contributed by atoms with van der Waals surface area (Å²) in [5.41, 5.74) is -0.522. The maximum Gasteiger partial charge on any atom is 0.313 e. The van der Waals surface area contributed by atoms with Gasteiger partial charge in [-0.15, -0.1) is 0 Å². The molecule has 0 aromatic rings. The maximum atomic E-state index is 12.9. The molecule has 0 spiro atoms. The second kappa shape index (κ2) is 5.35. The van der Waals surface area contributed by atoms with Gasteiger partial charge in [-0.25, -0.2) is 0 Å². The zero-order valence-electron chi connectivity index (χ0n) is 13.7. The molecule has 1 heterocycles. The van der Waals surface area contributed by atoms with Crippen molar-refractivity contribution in [2.75, 3.05) is 0 Å². The van der Waals surface area contributed by atoms with Crippen LogP contribution >= 0.6 is 22.6 Å². The summed E-state index contributed by atoms with van der Waals surface area (Å²) in [7, 11) is 0. The van der Waals surface area contributed by atoms with Crippen molar-refractivity contribution in [2.45, 2.75) is 69.0 Å². The molecule has 3 fully saturated rings. The van der Waals surface area contributed by atoms with E-state index in [0.717, 1.165) is 25.7 Å². The minimum absolute atomic E-state index is 0.0630. The molecule has 22 heavy (non-hydrogen) atoms. The molecule has 6 atom stereocenters. The number of ether oxygens (including phenoxy) is 2. The molecular weight excluding hydrogens is 395 g/mol. The highest BCUT2D eigenvalue weighted by Gasteiger charge is 2.64. The van der Waals surface area contributed by atoms with E-state index < -0.39 is 5.41 Å². The fourth-order valence-electron chi connectivity index (χ4n) is 4.46. The van der Waals surface area contributed by atoms with E-state index in [9.17, 15) is 9.59 Å². The van der Waals surface area contributed by atoms with Gasteiger partial charge in [-0.2, -0.15) is 0 Å². The number of carbonyl (C=O) groups is 2. The molecule has 0 aromatic heterocycles. The molecule has 1 aliphatic heterocycles. The van der Waals surface area contributed by atoms with Gasteiger partial charge < -0.3 is 9.47 Å². The van der Waals surface area contributed by atoms with E-state index in [1.165, 1.54) is 0 Å². The molecule has 124 valence electrons. The van der Waals surface area contributed by atoms with Crippen LogP contribution in [0, 0.1) is 23.2 Å². The number of halogens is 1. The lowest BCUT2D eigenvalue weighted by Crippen LogP contribution is -2.47. The molecule has 2 saturated carbocycles. The van der Waals surface area contributed by atoms with E-state index in [-0.39, 0.29) is 39.4 Å². The Morgan fingerprint density at radius 3 is 2.64 bits per heavy atom. The van der Waals surface area contributed by atoms with Crippen molar-refractivity contribution in [3.05, 3.63) is 0 Å². The standard InChI is InChI=1S/C17H25IO4/c1-5-6-17(4,16(2,3)18)15(20)22-12-9-7-10-11(8-9)14(19)21-13(10)12/h9-13H,5-8H2,1-4H3. The minimum atomic E-state index is -0.522. The summed E-state index contributed by atoms with van der Waals surface area (Å²) in [5.74, 6) is 0.430. The topological polar surface area (TPSA) is 52.6 Å². The average Bonchev–Trinajstić information content (AvgIpc) is 3.02. The summed E-state index contributed by atoms with van der Waals surface area (Å²) in [6.07, 6.45) is 3.12. The van der Waals surface area contributed by atoms with Crippen LogP contribution in [0.25, 0.3) is 0 Å². The smallest absolute Gasteiger partial charge is 0.313 e. The minimum Gasteiger partial charge on any atom is -0.458 e.